The van der Waals surface area contributed by atoms with E-state index in [9.17, 15) is 14.9 Å². The predicted octanol–water partition coefficient (Wildman–Crippen LogP) is 2.45. The van der Waals surface area contributed by atoms with Gasteiger partial charge in [0.15, 0.2) is 0 Å². The van der Waals surface area contributed by atoms with Crippen LogP contribution in [0.1, 0.15) is 26.3 Å². The van der Waals surface area contributed by atoms with Crippen molar-refractivity contribution in [2.24, 2.45) is 0 Å². The number of benzene rings is 1. The molecule has 2 heterocycles. The maximum absolute atomic E-state index is 12.3. The first-order valence-corrected chi connectivity index (χ1v) is 9.82. The Kier molecular flexibility index (Phi) is 5.99. The van der Waals surface area contributed by atoms with Gasteiger partial charge in [-0.2, -0.15) is 5.26 Å². The molecule has 0 radical (unpaired) electrons. The minimum Gasteiger partial charge on any atom is -0.445 e. The maximum atomic E-state index is 12.3. The molecule has 2 aliphatic rings. The summed E-state index contributed by atoms with van der Waals surface area (Å²) >= 11 is 0. The van der Waals surface area contributed by atoms with E-state index in [4.69, 9.17) is 9.47 Å². The van der Waals surface area contributed by atoms with E-state index in [2.05, 4.69) is 11.0 Å². The summed E-state index contributed by atoms with van der Waals surface area (Å²) in [6.07, 6.45) is -0.741. The molecule has 156 valence electrons. The molecule has 0 aromatic heterocycles. The van der Waals surface area contributed by atoms with Crippen molar-refractivity contribution in [1.29, 1.82) is 5.26 Å². The molecule has 8 nitrogen and oxygen atoms in total. The number of carbonyl (C=O) groups is 2. The summed E-state index contributed by atoms with van der Waals surface area (Å²) in [5, 5.41) is 9.73. The Balaban J connectivity index is 1.46. The van der Waals surface area contributed by atoms with Crippen molar-refractivity contribution in [3.05, 3.63) is 35.9 Å². The van der Waals surface area contributed by atoms with Crippen molar-refractivity contribution in [3.8, 4) is 6.07 Å². The van der Waals surface area contributed by atoms with Crippen LogP contribution in [0, 0.1) is 11.3 Å². The molecule has 0 unspecified atom stereocenters. The van der Waals surface area contributed by atoms with E-state index in [0.29, 0.717) is 39.3 Å². The molecule has 0 atom stereocenters. The molecule has 8 heteroatoms. The molecule has 29 heavy (non-hydrogen) atoms. The van der Waals surface area contributed by atoms with Crippen molar-refractivity contribution in [1.82, 2.24) is 14.7 Å². The Hall–Kier alpha value is -2.79. The van der Waals surface area contributed by atoms with Gasteiger partial charge in [0.2, 0.25) is 0 Å². The van der Waals surface area contributed by atoms with E-state index in [1.165, 1.54) is 0 Å². The van der Waals surface area contributed by atoms with Gasteiger partial charge in [-0.1, -0.05) is 30.3 Å². The first-order chi connectivity index (χ1) is 13.7. The quantitative estimate of drug-likeness (QED) is 0.775. The van der Waals surface area contributed by atoms with Crippen molar-refractivity contribution < 1.29 is 19.1 Å². The van der Waals surface area contributed by atoms with Crippen molar-refractivity contribution in [2.45, 2.75) is 38.5 Å². The summed E-state index contributed by atoms with van der Waals surface area (Å²) in [6.45, 7) is 8.44. The van der Waals surface area contributed by atoms with Crippen LogP contribution in [0.4, 0.5) is 9.59 Å². The van der Waals surface area contributed by atoms with Crippen molar-refractivity contribution in [3.63, 3.8) is 0 Å². The van der Waals surface area contributed by atoms with E-state index < -0.39 is 17.2 Å². The molecule has 0 saturated carbocycles. The van der Waals surface area contributed by atoms with Gasteiger partial charge in [0.05, 0.1) is 19.2 Å². The molecule has 1 aromatic rings. The van der Waals surface area contributed by atoms with Gasteiger partial charge in [0.1, 0.15) is 17.7 Å². The van der Waals surface area contributed by atoms with Crippen LogP contribution in [0.5, 0.6) is 0 Å². The molecule has 0 N–H and O–H groups in total. The lowest BCUT2D eigenvalue weighted by atomic mass is 9.89. The van der Waals surface area contributed by atoms with Gasteiger partial charge >= 0.3 is 12.2 Å². The number of rotatable bonds is 3. The number of ether oxygens (including phenoxy) is 2. The first kappa shape index (κ1) is 20.9. The second-order valence-corrected chi connectivity index (χ2v) is 8.49. The lowest BCUT2D eigenvalue weighted by Crippen LogP contribution is -2.73. The summed E-state index contributed by atoms with van der Waals surface area (Å²) in [5.74, 6) is 0. The van der Waals surface area contributed by atoms with E-state index in [1.807, 2.05) is 51.1 Å². The minimum absolute atomic E-state index is 0.243. The zero-order chi connectivity index (χ0) is 21.1. The molecule has 2 saturated heterocycles. The third kappa shape index (κ3) is 4.98. The van der Waals surface area contributed by atoms with Gasteiger partial charge < -0.3 is 19.3 Å². The fourth-order valence-electron chi connectivity index (χ4n) is 3.51. The zero-order valence-corrected chi connectivity index (χ0v) is 17.3. The summed E-state index contributed by atoms with van der Waals surface area (Å²) < 4.78 is 10.8. The third-order valence-corrected chi connectivity index (χ3v) is 5.11. The molecule has 0 bridgehead atoms. The van der Waals surface area contributed by atoms with Gasteiger partial charge in [0.25, 0.3) is 0 Å². The molecule has 2 aliphatic heterocycles. The van der Waals surface area contributed by atoms with Crippen LogP contribution >= 0.6 is 0 Å². The Morgan fingerprint density at radius 2 is 1.66 bits per heavy atom. The highest BCUT2D eigenvalue weighted by Gasteiger charge is 2.51. The van der Waals surface area contributed by atoms with Gasteiger partial charge in [-0.3, -0.25) is 4.90 Å². The summed E-state index contributed by atoms with van der Waals surface area (Å²) in [4.78, 5) is 29.7. The van der Waals surface area contributed by atoms with Crippen molar-refractivity contribution >= 4 is 12.2 Å². The number of piperazine rings is 1. The number of hydrogen-bond donors (Lipinski definition) is 0. The van der Waals surface area contributed by atoms with E-state index in [-0.39, 0.29) is 12.7 Å². The van der Waals surface area contributed by atoms with Crippen LogP contribution in [-0.4, -0.2) is 77.3 Å². The molecule has 0 aliphatic carbocycles. The summed E-state index contributed by atoms with van der Waals surface area (Å²) in [6, 6.07) is 11.9. The number of amides is 2. The number of hydrogen-bond acceptors (Lipinski definition) is 6. The smallest absolute Gasteiger partial charge is 0.410 e. The molecule has 1 aromatic carbocycles. The Morgan fingerprint density at radius 1 is 1.03 bits per heavy atom. The minimum atomic E-state index is -0.711. The fraction of sp³-hybridized carbons (Fsp3) is 0.571. The second-order valence-electron chi connectivity index (χ2n) is 8.49. The van der Waals surface area contributed by atoms with Crippen LogP contribution < -0.4 is 0 Å². The Bertz CT molecular complexity index is 770. The van der Waals surface area contributed by atoms with Gasteiger partial charge in [-0.25, -0.2) is 9.59 Å². The third-order valence-electron chi connectivity index (χ3n) is 5.11. The van der Waals surface area contributed by atoms with Crippen LogP contribution in [-0.2, 0) is 16.1 Å². The number of carbonyl (C=O) groups excluding carboxylic acids is 2. The van der Waals surface area contributed by atoms with E-state index in [1.54, 1.807) is 9.80 Å². The van der Waals surface area contributed by atoms with Gasteiger partial charge in [-0.05, 0) is 26.3 Å². The lowest BCUT2D eigenvalue weighted by Gasteiger charge is -2.53. The highest BCUT2D eigenvalue weighted by atomic mass is 16.6. The molecule has 3 rings (SSSR count). The zero-order valence-electron chi connectivity index (χ0n) is 17.3. The van der Waals surface area contributed by atoms with Gasteiger partial charge in [0, 0.05) is 26.2 Å². The fourth-order valence-corrected chi connectivity index (χ4v) is 3.51. The largest absolute Gasteiger partial charge is 0.445 e. The Labute approximate surface area is 171 Å². The van der Waals surface area contributed by atoms with Crippen LogP contribution in [0.25, 0.3) is 0 Å². The molecular weight excluding hydrogens is 372 g/mol. The summed E-state index contributed by atoms with van der Waals surface area (Å²) in [5.41, 5.74) is -0.329. The van der Waals surface area contributed by atoms with Crippen molar-refractivity contribution in [2.75, 3.05) is 39.3 Å². The van der Waals surface area contributed by atoms with Crippen LogP contribution in [0.2, 0.25) is 0 Å². The SMILES string of the molecule is CC(C)(C)OC(=O)N1CC(C#N)(N2CCN(C(=O)OCc3ccccc3)CC2)C1. The lowest BCUT2D eigenvalue weighted by molar-refractivity contribution is -0.0511. The standard InChI is InChI=1S/C21H28N4O4/c1-20(2,3)29-19(27)24-15-21(14-22,16-24)25-11-9-23(10-12-25)18(26)28-13-17-7-5-4-6-8-17/h4-8H,9-13,15-16H2,1-3H3. The maximum Gasteiger partial charge on any atom is 0.410 e. The molecule has 2 fully saturated rings. The topological polar surface area (TPSA) is 86.1 Å². The van der Waals surface area contributed by atoms with E-state index >= 15 is 0 Å². The highest BCUT2D eigenvalue weighted by molar-refractivity contribution is 5.70. The highest BCUT2D eigenvalue weighted by Crippen LogP contribution is 2.30. The van der Waals surface area contributed by atoms with Crippen LogP contribution in [0.3, 0.4) is 0 Å². The number of nitriles is 1. The monoisotopic (exact) mass is 400 g/mol. The first-order valence-electron chi connectivity index (χ1n) is 9.82. The van der Waals surface area contributed by atoms with Crippen LogP contribution in [0.15, 0.2) is 30.3 Å². The molecule has 0 spiro atoms. The number of nitrogens with zero attached hydrogens (tertiary/aromatic N) is 4. The van der Waals surface area contributed by atoms with Gasteiger partial charge in [-0.15, -0.1) is 0 Å². The second kappa shape index (κ2) is 8.29. The normalized spacial score (nSPS) is 19.1. The average molecular weight is 400 g/mol. The average Bonchev–Trinajstić information content (AvgIpc) is 2.65. The van der Waals surface area contributed by atoms with E-state index in [0.717, 1.165) is 5.56 Å². The number of likely N-dealkylation sites (tertiary alicyclic amines) is 1. The Morgan fingerprint density at radius 3 is 2.21 bits per heavy atom. The summed E-state index contributed by atoms with van der Waals surface area (Å²) in [7, 11) is 0. The molecule has 2 amide bonds. The predicted molar refractivity (Wildman–Crippen MR) is 106 cm³/mol. The molecular formula is C21H28N4O4.